The molecule has 5 heterocycles. The number of benzene rings is 2. The second kappa shape index (κ2) is 10.3. The van der Waals surface area contributed by atoms with E-state index < -0.39 is 5.82 Å². The topological polar surface area (TPSA) is 101 Å². The number of hydrogen-bond donors (Lipinski definition) is 2. The standard InChI is InChI=1S/C31H28FN7O2/c1-2-26-27(32)7-3-20-14-25(40)15-21(29(20)26)4-8-28-35-30(38-16-22-5-6-23(17-38)34-22)37-31(36-28)41-18-19-10-12-39-24(13-19)9-11-33-39/h1,3,7,9-15,22-23,34,40H,4-6,8,16-18H2/t22-,23+. The number of nitrogens with one attached hydrogen (secondary N) is 1. The van der Waals surface area contributed by atoms with Crippen LogP contribution in [0.1, 0.15) is 35.4 Å². The molecular weight excluding hydrogens is 521 g/mol. The normalized spacial score (nSPS) is 18.2. The lowest BCUT2D eigenvalue weighted by Crippen LogP contribution is -2.51. The van der Waals surface area contributed by atoms with E-state index in [0.29, 0.717) is 54.1 Å². The van der Waals surface area contributed by atoms with E-state index in [-0.39, 0.29) is 17.3 Å². The summed E-state index contributed by atoms with van der Waals surface area (Å²) < 4.78 is 22.5. The fourth-order valence-electron chi connectivity index (χ4n) is 5.97. The first kappa shape index (κ1) is 25.2. The van der Waals surface area contributed by atoms with Gasteiger partial charge in [0.2, 0.25) is 5.95 Å². The second-order valence-corrected chi connectivity index (χ2v) is 10.7. The molecule has 2 aliphatic rings. The van der Waals surface area contributed by atoms with Crippen molar-refractivity contribution < 1.29 is 14.2 Å². The molecule has 2 aromatic carbocycles. The predicted molar refractivity (Wildman–Crippen MR) is 152 cm³/mol. The molecule has 7 rings (SSSR count). The van der Waals surface area contributed by atoms with Crippen LogP contribution in [0.4, 0.5) is 10.3 Å². The van der Waals surface area contributed by atoms with Crippen molar-refractivity contribution in [2.45, 2.75) is 44.4 Å². The summed E-state index contributed by atoms with van der Waals surface area (Å²) in [5.74, 6) is 3.25. The molecule has 41 heavy (non-hydrogen) atoms. The number of phenolic OH excluding ortho intramolecular Hbond substituents is 1. The highest BCUT2D eigenvalue weighted by molar-refractivity contribution is 5.92. The Morgan fingerprint density at radius 2 is 1.90 bits per heavy atom. The van der Waals surface area contributed by atoms with Gasteiger partial charge in [-0.1, -0.05) is 12.0 Å². The predicted octanol–water partition coefficient (Wildman–Crippen LogP) is 3.80. The van der Waals surface area contributed by atoms with Crippen LogP contribution in [0.25, 0.3) is 16.3 Å². The van der Waals surface area contributed by atoms with E-state index in [2.05, 4.69) is 26.2 Å². The summed E-state index contributed by atoms with van der Waals surface area (Å²) in [4.78, 5) is 16.4. The number of hydrogen-bond acceptors (Lipinski definition) is 8. The van der Waals surface area contributed by atoms with Crippen molar-refractivity contribution in [3.8, 4) is 24.1 Å². The maximum atomic E-state index is 14.6. The van der Waals surface area contributed by atoms with Crippen molar-refractivity contribution >= 4 is 22.2 Å². The monoisotopic (exact) mass is 549 g/mol. The molecule has 3 aromatic heterocycles. The Morgan fingerprint density at radius 1 is 1.05 bits per heavy atom. The molecular formula is C31H28FN7O2. The highest BCUT2D eigenvalue weighted by atomic mass is 19.1. The van der Waals surface area contributed by atoms with Crippen LogP contribution in [-0.4, -0.2) is 54.8 Å². The average molecular weight is 550 g/mol. The van der Waals surface area contributed by atoms with Gasteiger partial charge in [-0.3, -0.25) is 0 Å². The number of ether oxygens (including phenoxy) is 1. The number of aromatic nitrogens is 5. The van der Waals surface area contributed by atoms with Gasteiger partial charge in [-0.2, -0.15) is 20.1 Å². The number of halogens is 1. The molecule has 2 N–H and O–H groups in total. The highest BCUT2D eigenvalue weighted by Gasteiger charge is 2.33. The summed E-state index contributed by atoms with van der Waals surface area (Å²) in [5, 5.41) is 19.5. The molecule has 9 nitrogen and oxygen atoms in total. The Morgan fingerprint density at radius 3 is 2.73 bits per heavy atom. The quantitative estimate of drug-likeness (QED) is 0.296. The van der Waals surface area contributed by atoms with Gasteiger partial charge in [0.05, 0.1) is 11.1 Å². The third-order valence-corrected chi connectivity index (χ3v) is 7.88. The largest absolute Gasteiger partial charge is 0.508 e. The van der Waals surface area contributed by atoms with E-state index in [9.17, 15) is 9.50 Å². The first-order valence-corrected chi connectivity index (χ1v) is 13.7. The van der Waals surface area contributed by atoms with Crippen molar-refractivity contribution in [3.63, 3.8) is 0 Å². The maximum Gasteiger partial charge on any atom is 0.321 e. The Kier molecular flexibility index (Phi) is 6.36. The summed E-state index contributed by atoms with van der Waals surface area (Å²) in [5.41, 5.74) is 2.85. The van der Waals surface area contributed by atoms with Crippen LogP contribution in [0.15, 0.2) is 54.9 Å². The van der Waals surface area contributed by atoms with E-state index in [0.717, 1.165) is 42.6 Å². The number of anilines is 1. The molecule has 5 aromatic rings. The van der Waals surface area contributed by atoms with Gasteiger partial charge >= 0.3 is 6.01 Å². The highest BCUT2D eigenvalue weighted by Crippen LogP contribution is 2.30. The molecule has 206 valence electrons. The van der Waals surface area contributed by atoms with E-state index in [1.54, 1.807) is 28.9 Å². The van der Waals surface area contributed by atoms with Crippen LogP contribution < -0.4 is 15.0 Å². The zero-order valence-electron chi connectivity index (χ0n) is 22.3. The summed E-state index contributed by atoms with van der Waals surface area (Å²) in [6, 6.07) is 13.1. The second-order valence-electron chi connectivity index (χ2n) is 10.7. The molecule has 2 atom stereocenters. The van der Waals surface area contributed by atoms with Crippen molar-refractivity contribution in [1.29, 1.82) is 0 Å². The number of piperazine rings is 1. The van der Waals surface area contributed by atoms with E-state index in [4.69, 9.17) is 21.1 Å². The zero-order chi connectivity index (χ0) is 27.9. The Balaban J connectivity index is 1.19. The van der Waals surface area contributed by atoms with E-state index >= 15 is 0 Å². The van der Waals surface area contributed by atoms with Gasteiger partial charge < -0.3 is 20.1 Å². The molecule has 0 unspecified atom stereocenters. The smallest absolute Gasteiger partial charge is 0.321 e. The number of phenols is 1. The summed E-state index contributed by atoms with van der Waals surface area (Å²) >= 11 is 0. The summed E-state index contributed by atoms with van der Waals surface area (Å²) in [7, 11) is 0. The number of terminal acetylenes is 1. The maximum absolute atomic E-state index is 14.6. The van der Waals surface area contributed by atoms with Gasteiger partial charge in [-0.15, -0.1) is 6.42 Å². The van der Waals surface area contributed by atoms with Crippen molar-refractivity contribution in [1.82, 2.24) is 29.9 Å². The molecule has 0 saturated carbocycles. The van der Waals surface area contributed by atoms with Crippen LogP contribution >= 0.6 is 0 Å². The van der Waals surface area contributed by atoms with Gasteiger partial charge in [-0.05, 0) is 72.2 Å². The van der Waals surface area contributed by atoms with Crippen LogP contribution in [0.3, 0.4) is 0 Å². The van der Waals surface area contributed by atoms with Gasteiger partial charge in [-0.25, -0.2) is 8.91 Å². The van der Waals surface area contributed by atoms with Gasteiger partial charge in [0.1, 0.15) is 24.0 Å². The minimum atomic E-state index is -0.465. The van der Waals surface area contributed by atoms with Crippen molar-refractivity contribution in [2.75, 3.05) is 18.0 Å². The molecule has 2 bridgehead atoms. The lowest BCUT2D eigenvalue weighted by Gasteiger charge is -2.33. The molecule has 10 heteroatoms. The molecule has 2 fully saturated rings. The van der Waals surface area contributed by atoms with Gasteiger partial charge in [0.25, 0.3) is 0 Å². The summed E-state index contributed by atoms with van der Waals surface area (Å²) in [6.45, 7) is 1.93. The first-order valence-electron chi connectivity index (χ1n) is 13.7. The number of aryl methyl sites for hydroxylation is 2. The van der Waals surface area contributed by atoms with Crippen LogP contribution in [0.2, 0.25) is 0 Å². The van der Waals surface area contributed by atoms with Crippen LogP contribution in [0.5, 0.6) is 11.8 Å². The number of aromatic hydroxyl groups is 1. The molecule has 2 saturated heterocycles. The molecule has 0 aliphatic carbocycles. The molecule has 0 amide bonds. The summed E-state index contributed by atoms with van der Waals surface area (Å²) in [6.07, 6.45) is 12.4. The third-order valence-electron chi connectivity index (χ3n) is 7.88. The Hall–Kier alpha value is -4.75. The third kappa shape index (κ3) is 5.00. The lowest BCUT2D eigenvalue weighted by atomic mass is 9.95. The molecule has 0 radical (unpaired) electrons. The van der Waals surface area contributed by atoms with Crippen LogP contribution in [-0.2, 0) is 19.4 Å². The van der Waals surface area contributed by atoms with Crippen molar-refractivity contribution in [2.24, 2.45) is 0 Å². The number of pyridine rings is 1. The first-order chi connectivity index (χ1) is 20.0. The number of nitrogens with zero attached hydrogens (tertiary/aromatic N) is 6. The van der Waals surface area contributed by atoms with Gasteiger partial charge in [0.15, 0.2) is 0 Å². The van der Waals surface area contributed by atoms with E-state index in [1.165, 1.54) is 6.07 Å². The minimum absolute atomic E-state index is 0.0916. The van der Waals surface area contributed by atoms with Gasteiger partial charge in [0, 0.05) is 49.4 Å². The fraction of sp³-hybridized carbons (Fsp3) is 0.290. The number of fused-ring (bicyclic) bond motifs is 4. The molecule has 2 aliphatic heterocycles. The molecule has 0 spiro atoms. The Bertz CT molecular complexity index is 1800. The zero-order valence-corrected chi connectivity index (χ0v) is 22.3. The number of rotatable bonds is 7. The fourth-order valence-corrected chi connectivity index (χ4v) is 5.97. The van der Waals surface area contributed by atoms with E-state index in [1.807, 2.05) is 24.4 Å². The average Bonchev–Trinajstić information content (AvgIpc) is 3.59. The SMILES string of the molecule is C#Cc1c(F)ccc2cc(O)cc(CCc3nc(OCc4ccn5nccc5c4)nc(N4C[C@H]5CC[C@@H](C4)N5)n3)c12. The Labute approximate surface area is 236 Å². The lowest BCUT2D eigenvalue weighted by molar-refractivity contribution is 0.278. The van der Waals surface area contributed by atoms with Crippen LogP contribution in [0, 0.1) is 18.2 Å². The minimum Gasteiger partial charge on any atom is -0.508 e. The van der Waals surface area contributed by atoms with Crippen molar-refractivity contribution in [3.05, 3.63) is 83.2 Å².